The Morgan fingerprint density at radius 3 is 2.75 bits per heavy atom. The zero-order valence-corrected chi connectivity index (χ0v) is 11.6. The number of anilines is 3. The normalized spacial score (nSPS) is 14.1. The third-order valence-corrected chi connectivity index (χ3v) is 3.20. The van der Waals surface area contributed by atoms with E-state index in [1.807, 2.05) is 37.3 Å². The number of nitrogens with zero attached hydrogens (tertiary/aromatic N) is 2. The number of hydrogen-bond acceptors (Lipinski definition) is 5. The highest BCUT2D eigenvalue weighted by Gasteiger charge is 2.21. The minimum Gasteiger partial charge on any atom is -0.367 e. The maximum absolute atomic E-state index is 5.66. The van der Waals surface area contributed by atoms with Gasteiger partial charge >= 0.3 is 0 Å². The van der Waals surface area contributed by atoms with Gasteiger partial charge in [0.05, 0.1) is 0 Å². The lowest BCUT2D eigenvalue weighted by atomic mass is 10.2. The molecule has 0 saturated heterocycles. The molecule has 1 aromatic carbocycles. The average Bonchev–Trinajstić information content (AvgIpc) is 3.22. The minimum atomic E-state index is 0.535. The van der Waals surface area contributed by atoms with Crippen LogP contribution in [0.2, 0.25) is 0 Å². The van der Waals surface area contributed by atoms with E-state index in [9.17, 15) is 0 Å². The van der Waals surface area contributed by atoms with Crippen molar-refractivity contribution in [2.24, 2.45) is 5.73 Å². The van der Waals surface area contributed by atoms with Gasteiger partial charge in [-0.15, -0.1) is 0 Å². The third-order valence-electron chi connectivity index (χ3n) is 3.20. The van der Waals surface area contributed by atoms with Crippen LogP contribution in [-0.2, 0) is 6.54 Å². The zero-order valence-electron chi connectivity index (χ0n) is 11.6. The third kappa shape index (κ3) is 3.24. The van der Waals surface area contributed by atoms with Crippen LogP contribution in [-0.4, -0.2) is 16.0 Å². The maximum Gasteiger partial charge on any atom is 0.136 e. The Bertz CT molecular complexity index is 607. The summed E-state index contributed by atoms with van der Waals surface area (Å²) in [6, 6.07) is 10.6. The van der Waals surface area contributed by atoms with Gasteiger partial charge in [0.25, 0.3) is 0 Å². The van der Waals surface area contributed by atoms with E-state index < -0.39 is 0 Å². The number of rotatable bonds is 5. The Morgan fingerprint density at radius 1 is 1.20 bits per heavy atom. The summed E-state index contributed by atoms with van der Waals surface area (Å²) in [5.41, 5.74) is 7.74. The molecule has 0 spiro atoms. The van der Waals surface area contributed by atoms with Crippen molar-refractivity contribution in [2.45, 2.75) is 32.4 Å². The van der Waals surface area contributed by atoms with Crippen molar-refractivity contribution in [1.82, 2.24) is 9.97 Å². The molecular formula is C15H19N5. The molecule has 0 aliphatic heterocycles. The number of hydrogen-bond donors (Lipinski definition) is 3. The van der Waals surface area contributed by atoms with E-state index in [0.29, 0.717) is 12.6 Å². The highest BCUT2D eigenvalue weighted by Crippen LogP contribution is 2.25. The van der Waals surface area contributed by atoms with Gasteiger partial charge < -0.3 is 16.4 Å². The molecule has 0 bridgehead atoms. The standard InChI is InChI=1S/C15H19N5/c1-10-17-14(19-12-5-6-12)8-15(18-10)20-13-4-2-3-11(7-13)9-16/h2-4,7-8,12H,5-6,9,16H2,1H3,(H2,17,18,19,20). The van der Waals surface area contributed by atoms with Gasteiger partial charge in [0, 0.05) is 24.3 Å². The van der Waals surface area contributed by atoms with E-state index in [1.54, 1.807) is 0 Å². The van der Waals surface area contributed by atoms with Crippen LogP contribution in [0, 0.1) is 6.92 Å². The summed E-state index contributed by atoms with van der Waals surface area (Å²) in [4.78, 5) is 8.83. The number of nitrogens with two attached hydrogens (primary N) is 1. The number of benzene rings is 1. The lowest BCUT2D eigenvalue weighted by Gasteiger charge is -2.10. The molecule has 5 heteroatoms. The van der Waals surface area contributed by atoms with Crippen LogP contribution in [0.3, 0.4) is 0 Å². The second-order valence-corrected chi connectivity index (χ2v) is 5.13. The molecule has 3 rings (SSSR count). The highest BCUT2D eigenvalue weighted by molar-refractivity contribution is 5.60. The first-order valence-corrected chi connectivity index (χ1v) is 6.91. The Balaban J connectivity index is 1.79. The van der Waals surface area contributed by atoms with Crippen molar-refractivity contribution in [1.29, 1.82) is 0 Å². The lowest BCUT2D eigenvalue weighted by molar-refractivity contribution is 1.02. The smallest absolute Gasteiger partial charge is 0.136 e. The fourth-order valence-electron chi connectivity index (χ4n) is 2.07. The molecule has 1 heterocycles. The van der Waals surface area contributed by atoms with Crippen LogP contribution >= 0.6 is 0 Å². The summed E-state index contributed by atoms with van der Waals surface area (Å²) in [7, 11) is 0. The monoisotopic (exact) mass is 269 g/mol. The fraction of sp³-hybridized carbons (Fsp3) is 0.333. The number of aryl methyl sites for hydroxylation is 1. The van der Waals surface area contributed by atoms with Gasteiger partial charge in [0.15, 0.2) is 0 Å². The molecule has 4 N–H and O–H groups in total. The first-order chi connectivity index (χ1) is 9.72. The van der Waals surface area contributed by atoms with Gasteiger partial charge in [-0.3, -0.25) is 0 Å². The number of aromatic nitrogens is 2. The Hall–Kier alpha value is -2.14. The van der Waals surface area contributed by atoms with Crippen LogP contribution in [0.4, 0.5) is 17.3 Å². The van der Waals surface area contributed by atoms with E-state index in [2.05, 4.69) is 20.6 Å². The van der Waals surface area contributed by atoms with Crippen LogP contribution in [0.1, 0.15) is 24.2 Å². The van der Waals surface area contributed by atoms with Crippen molar-refractivity contribution in [3.8, 4) is 0 Å². The molecule has 0 unspecified atom stereocenters. The van der Waals surface area contributed by atoms with Gasteiger partial charge in [0.2, 0.25) is 0 Å². The Kier molecular flexibility index (Phi) is 3.52. The van der Waals surface area contributed by atoms with Gasteiger partial charge in [-0.1, -0.05) is 12.1 Å². The predicted octanol–water partition coefficient (Wildman–Crippen LogP) is 2.56. The molecule has 104 valence electrons. The van der Waals surface area contributed by atoms with Crippen LogP contribution in [0.25, 0.3) is 0 Å². The molecule has 0 amide bonds. The van der Waals surface area contributed by atoms with E-state index in [4.69, 9.17) is 5.73 Å². The average molecular weight is 269 g/mol. The summed E-state index contributed by atoms with van der Waals surface area (Å²) < 4.78 is 0. The lowest BCUT2D eigenvalue weighted by Crippen LogP contribution is -2.06. The quantitative estimate of drug-likeness (QED) is 0.777. The Labute approximate surface area is 118 Å². The van der Waals surface area contributed by atoms with E-state index in [1.165, 1.54) is 12.8 Å². The molecule has 0 radical (unpaired) electrons. The first-order valence-electron chi connectivity index (χ1n) is 6.91. The van der Waals surface area contributed by atoms with Crippen LogP contribution < -0.4 is 16.4 Å². The SMILES string of the molecule is Cc1nc(Nc2cccc(CN)c2)cc(NC2CC2)n1. The Morgan fingerprint density at radius 2 is 2.00 bits per heavy atom. The predicted molar refractivity (Wildman–Crippen MR) is 81.0 cm³/mol. The summed E-state index contributed by atoms with van der Waals surface area (Å²) >= 11 is 0. The second kappa shape index (κ2) is 5.46. The van der Waals surface area contributed by atoms with Crippen molar-refractivity contribution in [3.63, 3.8) is 0 Å². The maximum atomic E-state index is 5.66. The van der Waals surface area contributed by atoms with Gasteiger partial charge in [-0.05, 0) is 37.5 Å². The molecule has 2 aromatic rings. The molecule has 5 nitrogen and oxygen atoms in total. The van der Waals surface area contributed by atoms with Gasteiger partial charge in [-0.2, -0.15) is 0 Å². The van der Waals surface area contributed by atoms with Gasteiger partial charge in [0.1, 0.15) is 17.5 Å². The fourth-order valence-corrected chi connectivity index (χ4v) is 2.07. The summed E-state index contributed by atoms with van der Waals surface area (Å²) in [5, 5.41) is 6.70. The first kappa shape index (κ1) is 12.9. The molecule has 20 heavy (non-hydrogen) atoms. The van der Waals surface area contributed by atoms with Gasteiger partial charge in [-0.25, -0.2) is 9.97 Å². The minimum absolute atomic E-state index is 0.535. The summed E-state index contributed by atoms with van der Waals surface area (Å²) in [6.07, 6.45) is 2.45. The number of nitrogens with one attached hydrogen (secondary N) is 2. The van der Waals surface area contributed by atoms with Crippen molar-refractivity contribution < 1.29 is 0 Å². The zero-order chi connectivity index (χ0) is 13.9. The molecule has 1 aromatic heterocycles. The summed E-state index contributed by atoms with van der Waals surface area (Å²) in [5.74, 6) is 2.44. The van der Waals surface area contributed by atoms with Crippen molar-refractivity contribution >= 4 is 17.3 Å². The molecule has 0 atom stereocenters. The molecule has 1 aliphatic rings. The molecular weight excluding hydrogens is 250 g/mol. The largest absolute Gasteiger partial charge is 0.367 e. The molecule has 1 saturated carbocycles. The van der Waals surface area contributed by atoms with Crippen LogP contribution in [0.5, 0.6) is 0 Å². The van der Waals surface area contributed by atoms with E-state index in [-0.39, 0.29) is 0 Å². The van der Waals surface area contributed by atoms with E-state index in [0.717, 1.165) is 28.7 Å². The second-order valence-electron chi connectivity index (χ2n) is 5.13. The van der Waals surface area contributed by atoms with E-state index >= 15 is 0 Å². The van der Waals surface area contributed by atoms with Crippen LogP contribution in [0.15, 0.2) is 30.3 Å². The topological polar surface area (TPSA) is 75.9 Å². The highest BCUT2D eigenvalue weighted by atomic mass is 15.1. The van der Waals surface area contributed by atoms with Crippen molar-refractivity contribution in [3.05, 3.63) is 41.7 Å². The molecule has 1 fully saturated rings. The molecule has 1 aliphatic carbocycles. The summed E-state index contributed by atoms with van der Waals surface area (Å²) in [6.45, 7) is 2.44. The van der Waals surface area contributed by atoms with Crippen molar-refractivity contribution in [2.75, 3.05) is 10.6 Å².